The third-order valence-corrected chi connectivity index (χ3v) is 10.8. The van der Waals surface area contributed by atoms with Gasteiger partial charge in [0.2, 0.25) is 0 Å². The van der Waals surface area contributed by atoms with Crippen LogP contribution in [-0.4, -0.2) is 49.3 Å². The number of phosphoric ester groups is 1. The molecular weight excluding hydrogens is 713 g/mol. The minimum atomic E-state index is -4.38. The second kappa shape index (κ2) is 42.1. The molecule has 0 aliphatic rings. The fourth-order valence-electron chi connectivity index (χ4n) is 6.39. The van der Waals surface area contributed by atoms with Gasteiger partial charge < -0.3 is 20.1 Å². The second-order valence-electron chi connectivity index (χ2n) is 15.3. The monoisotopic (exact) mass is 800 g/mol. The summed E-state index contributed by atoms with van der Waals surface area (Å²) in [6.07, 6.45) is 44.9. The van der Waals surface area contributed by atoms with Crippen molar-refractivity contribution in [3.8, 4) is 0 Å². The molecule has 1 unspecified atom stereocenters. The summed E-state index contributed by atoms with van der Waals surface area (Å²) >= 11 is 0. The lowest BCUT2D eigenvalue weighted by atomic mass is 10.1. The zero-order valence-corrected chi connectivity index (χ0v) is 36.6. The molecule has 0 saturated heterocycles. The van der Waals surface area contributed by atoms with E-state index < -0.39 is 26.5 Å². The van der Waals surface area contributed by atoms with E-state index in [1.165, 1.54) is 128 Å². The number of allylic oxidation sites excluding steroid dienone is 4. The number of nitrogens with two attached hydrogens (primary N) is 1. The maximum absolute atomic E-state index is 12.6. The summed E-state index contributed by atoms with van der Waals surface area (Å²) in [7, 11) is -4.38. The van der Waals surface area contributed by atoms with E-state index in [-0.39, 0.29) is 38.6 Å². The van der Waals surface area contributed by atoms with Gasteiger partial charge in [0.25, 0.3) is 0 Å². The van der Waals surface area contributed by atoms with Crippen molar-refractivity contribution in [2.75, 3.05) is 26.4 Å². The molecule has 55 heavy (non-hydrogen) atoms. The van der Waals surface area contributed by atoms with Crippen molar-refractivity contribution >= 4 is 19.8 Å². The highest BCUT2D eigenvalue weighted by Gasteiger charge is 2.26. The maximum atomic E-state index is 12.6. The SMILES string of the molecule is CCCCCCCC/C=C\CCCCCCCC(=O)O[C@H](COC(=O)CCCCCCCCC/C=C\CCCCCCCCCC)COP(=O)(O)OCCN. The van der Waals surface area contributed by atoms with Gasteiger partial charge in [-0.1, -0.05) is 167 Å². The Labute approximate surface area is 338 Å². The van der Waals surface area contributed by atoms with Gasteiger partial charge in [0.15, 0.2) is 6.10 Å². The van der Waals surface area contributed by atoms with Gasteiger partial charge >= 0.3 is 19.8 Å². The van der Waals surface area contributed by atoms with Crippen LogP contribution >= 0.6 is 7.82 Å². The summed E-state index contributed by atoms with van der Waals surface area (Å²) in [5.74, 6) is -0.837. The Bertz CT molecular complexity index is 959. The van der Waals surface area contributed by atoms with Crippen molar-refractivity contribution in [2.24, 2.45) is 5.73 Å². The van der Waals surface area contributed by atoms with Crippen molar-refractivity contribution in [2.45, 2.75) is 225 Å². The molecule has 0 bridgehead atoms. The molecule has 0 saturated carbocycles. The van der Waals surface area contributed by atoms with E-state index >= 15 is 0 Å². The highest BCUT2D eigenvalue weighted by Crippen LogP contribution is 2.43. The Kier molecular flexibility index (Phi) is 40.9. The van der Waals surface area contributed by atoms with Crippen LogP contribution in [-0.2, 0) is 32.7 Å². The Morgan fingerprint density at radius 1 is 0.527 bits per heavy atom. The Balaban J connectivity index is 4.11. The number of unbranched alkanes of at least 4 members (excludes halogenated alkanes) is 26. The van der Waals surface area contributed by atoms with Crippen LogP contribution in [0.15, 0.2) is 24.3 Å². The van der Waals surface area contributed by atoms with Crippen LogP contribution in [0.2, 0.25) is 0 Å². The lowest BCUT2D eigenvalue weighted by Crippen LogP contribution is -2.29. The average Bonchev–Trinajstić information content (AvgIpc) is 3.17. The van der Waals surface area contributed by atoms with E-state index in [2.05, 4.69) is 38.2 Å². The molecule has 0 spiro atoms. The smallest absolute Gasteiger partial charge is 0.462 e. The molecule has 0 aliphatic heterocycles. The summed E-state index contributed by atoms with van der Waals surface area (Å²) in [5, 5.41) is 0. The summed E-state index contributed by atoms with van der Waals surface area (Å²) in [5.41, 5.74) is 5.35. The topological polar surface area (TPSA) is 134 Å². The minimum Gasteiger partial charge on any atom is -0.462 e. The first-order valence-corrected chi connectivity index (χ1v) is 24.3. The fraction of sp³-hybridized carbons (Fsp3) is 0.867. The minimum absolute atomic E-state index is 0.0525. The van der Waals surface area contributed by atoms with Gasteiger partial charge in [-0.15, -0.1) is 0 Å². The number of esters is 2. The number of carbonyl (C=O) groups is 2. The van der Waals surface area contributed by atoms with Gasteiger partial charge in [-0.3, -0.25) is 18.6 Å². The molecule has 0 fully saturated rings. The summed E-state index contributed by atoms with van der Waals surface area (Å²) in [6.45, 7) is 3.73. The molecule has 0 aliphatic carbocycles. The number of hydrogen-bond acceptors (Lipinski definition) is 8. The van der Waals surface area contributed by atoms with E-state index in [4.69, 9.17) is 24.3 Å². The molecule has 0 heterocycles. The molecule has 9 nitrogen and oxygen atoms in total. The third-order valence-electron chi connectivity index (χ3n) is 9.81. The highest BCUT2D eigenvalue weighted by molar-refractivity contribution is 7.47. The first-order chi connectivity index (χ1) is 26.8. The Hall–Kier alpha value is -1.51. The molecular formula is C45H86NO8P. The average molecular weight is 800 g/mol. The van der Waals surface area contributed by atoms with Crippen LogP contribution in [0.3, 0.4) is 0 Å². The fourth-order valence-corrected chi connectivity index (χ4v) is 7.15. The number of phosphoric acid groups is 1. The number of ether oxygens (including phenoxy) is 2. The molecule has 0 aromatic rings. The van der Waals surface area contributed by atoms with Crippen LogP contribution in [0, 0.1) is 0 Å². The quantitative estimate of drug-likeness (QED) is 0.0267. The van der Waals surface area contributed by atoms with Gasteiger partial charge in [-0.25, -0.2) is 4.57 Å². The predicted molar refractivity (Wildman–Crippen MR) is 229 cm³/mol. The van der Waals surface area contributed by atoms with E-state index in [9.17, 15) is 19.0 Å². The maximum Gasteiger partial charge on any atom is 0.472 e. The predicted octanol–water partition coefficient (Wildman–Crippen LogP) is 13.2. The first kappa shape index (κ1) is 53.5. The van der Waals surface area contributed by atoms with Gasteiger partial charge in [-0.05, 0) is 64.2 Å². The Morgan fingerprint density at radius 3 is 1.29 bits per heavy atom. The molecule has 3 N–H and O–H groups in total. The van der Waals surface area contributed by atoms with Gasteiger partial charge in [0.1, 0.15) is 6.61 Å². The number of rotatable bonds is 43. The molecule has 0 rings (SSSR count). The number of carbonyl (C=O) groups excluding carboxylic acids is 2. The lowest BCUT2D eigenvalue weighted by Gasteiger charge is -2.19. The normalized spacial score (nSPS) is 13.5. The van der Waals surface area contributed by atoms with Crippen molar-refractivity contribution in [1.82, 2.24) is 0 Å². The van der Waals surface area contributed by atoms with Gasteiger partial charge in [0, 0.05) is 19.4 Å². The van der Waals surface area contributed by atoms with Crippen molar-refractivity contribution in [3.05, 3.63) is 24.3 Å². The van der Waals surface area contributed by atoms with E-state index in [1.807, 2.05) is 0 Å². The molecule has 0 radical (unpaired) electrons. The summed E-state index contributed by atoms with van der Waals surface area (Å²) in [6, 6.07) is 0. The molecule has 0 aromatic carbocycles. The highest BCUT2D eigenvalue weighted by atomic mass is 31.2. The van der Waals surface area contributed by atoms with Crippen LogP contribution in [0.1, 0.15) is 219 Å². The van der Waals surface area contributed by atoms with Crippen LogP contribution < -0.4 is 5.73 Å². The van der Waals surface area contributed by atoms with E-state index in [0.29, 0.717) is 6.42 Å². The van der Waals surface area contributed by atoms with Gasteiger partial charge in [-0.2, -0.15) is 0 Å². The molecule has 0 aromatic heterocycles. The largest absolute Gasteiger partial charge is 0.472 e. The molecule has 324 valence electrons. The molecule has 2 atom stereocenters. The van der Waals surface area contributed by atoms with Crippen molar-refractivity contribution < 1.29 is 37.6 Å². The Morgan fingerprint density at radius 2 is 0.891 bits per heavy atom. The lowest BCUT2D eigenvalue weighted by molar-refractivity contribution is -0.161. The number of hydrogen-bond donors (Lipinski definition) is 2. The van der Waals surface area contributed by atoms with E-state index in [0.717, 1.165) is 57.8 Å². The van der Waals surface area contributed by atoms with Crippen LogP contribution in [0.4, 0.5) is 0 Å². The van der Waals surface area contributed by atoms with Gasteiger partial charge in [0.05, 0.1) is 13.2 Å². The molecule has 10 heteroatoms. The second-order valence-corrected chi connectivity index (χ2v) is 16.7. The first-order valence-electron chi connectivity index (χ1n) is 22.8. The summed E-state index contributed by atoms with van der Waals surface area (Å²) < 4.78 is 32.8. The molecule has 0 amide bonds. The van der Waals surface area contributed by atoms with Crippen LogP contribution in [0.5, 0.6) is 0 Å². The third kappa shape index (κ3) is 41.9. The van der Waals surface area contributed by atoms with Crippen molar-refractivity contribution in [1.29, 1.82) is 0 Å². The van der Waals surface area contributed by atoms with E-state index in [1.54, 1.807) is 0 Å². The van der Waals surface area contributed by atoms with Crippen LogP contribution in [0.25, 0.3) is 0 Å². The van der Waals surface area contributed by atoms with Crippen molar-refractivity contribution in [3.63, 3.8) is 0 Å². The zero-order chi connectivity index (χ0) is 40.3. The standard InChI is InChI=1S/C45H86NO8P/c1-3-5-7-9-11-13-15-17-19-20-21-22-24-25-27-29-31-33-35-37-44(47)51-41-43(42-53-55(49,50)52-40-39-46)54-45(48)38-36-34-32-30-28-26-23-18-16-14-12-10-8-6-4-2/h18,20-21,23,43H,3-17,19,22,24-42,46H2,1-2H3,(H,49,50)/b21-20-,23-18-/t43-/m1/s1. The summed E-state index contributed by atoms with van der Waals surface area (Å²) in [4.78, 5) is 34.9. The zero-order valence-electron chi connectivity index (χ0n) is 35.7.